The van der Waals surface area contributed by atoms with Crippen LogP contribution in [0.4, 0.5) is 0 Å². The van der Waals surface area contributed by atoms with Crippen molar-refractivity contribution in [1.29, 1.82) is 0 Å². The van der Waals surface area contributed by atoms with Crippen LogP contribution in [0.15, 0.2) is 24.3 Å². The van der Waals surface area contributed by atoms with Crippen molar-refractivity contribution in [2.45, 2.75) is 26.7 Å². The lowest BCUT2D eigenvalue weighted by atomic mass is 10.0. The average Bonchev–Trinajstić information content (AvgIpc) is 2.42. The van der Waals surface area contributed by atoms with Gasteiger partial charge in [0, 0.05) is 6.07 Å². The Balaban J connectivity index is 2.50. The quantitative estimate of drug-likeness (QED) is 0.637. The minimum Gasteiger partial charge on any atom is -0.503 e. The van der Waals surface area contributed by atoms with Gasteiger partial charge in [-0.15, -0.1) is 0 Å². The van der Waals surface area contributed by atoms with Gasteiger partial charge in [0.1, 0.15) is 10.8 Å². The molecule has 5 heteroatoms. The lowest BCUT2D eigenvalue weighted by molar-refractivity contribution is 0.408. The summed E-state index contributed by atoms with van der Waals surface area (Å²) in [6, 6.07) is 7.39. The van der Waals surface area contributed by atoms with Crippen LogP contribution < -0.4 is 4.74 Å². The summed E-state index contributed by atoms with van der Waals surface area (Å²) in [5.74, 6) is 0.903. The molecular formula is C16H15Cl3O2. The standard InChI is InChI=1S/C16H15Cl3O2/c1-8(2)10-5-4-9(3)6-12(10)21-13-7-11(17)14(18)15(19)16(13)20/h4-8,20H,1-3H3. The molecule has 21 heavy (non-hydrogen) atoms. The molecule has 0 spiro atoms. The van der Waals surface area contributed by atoms with E-state index in [2.05, 4.69) is 13.8 Å². The van der Waals surface area contributed by atoms with Gasteiger partial charge in [0.05, 0.1) is 10.0 Å². The van der Waals surface area contributed by atoms with Gasteiger partial charge in [0.25, 0.3) is 0 Å². The Labute approximate surface area is 139 Å². The van der Waals surface area contributed by atoms with Crippen molar-refractivity contribution in [3.63, 3.8) is 0 Å². The average molecular weight is 346 g/mol. The van der Waals surface area contributed by atoms with E-state index >= 15 is 0 Å². The molecule has 2 rings (SSSR count). The molecule has 0 fully saturated rings. The summed E-state index contributed by atoms with van der Waals surface area (Å²) in [4.78, 5) is 0. The van der Waals surface area contributed by atoms with Gasteiger partial charge in [-0.05, 0) is 30.0 Å². The number of hydrogen-bond acceptors (Lipinski definition) is 2. The van der Waals surface area contributed by atoms with Crippen molar-refractivity contribution >= 4 is 34.8 Å². The molecule has 0 heterocycles. The fourth-order valence-corrected chi connectivity index (χ4v) is 2.55. The third-order valence-electron chi connectivity index (χ3n) is 3.11. The van der Waals surface area contributed by atoms with E-state index in [9.17, 15) is 5.11 Å². The molecule has 0 atom stereocenters. The Bertz CT molecular complexity index is 682. The Kier molecular flexibility index (Phi) is 4.92. The van der Waals surface area contributed by atoms with Gasteiger partial charge in [-0.2, -0.15) is 0 Å². The van der Waals surface area contributed by atoms with E-state index in [0.29, 0.717) is 5.75 Å². The molecule has 0 aromatic heterocycles. The summed E-state index contributed by atoms with van der Waals surface area (Å²) in [5.41, 5.74) is 2.09. The molecule has 0 saturated carbocycles. The Morgan fingerprint density at radius 2 is 1.67 bits per heavy atom. The molecule has 0 aliphatic heterocycles. The first-order valence-corrected chi connectivity index (χ1v) is 7.59. The van der Waals surface area contributed by atoms with Gasteiger partial charge in [-0.25, -0.2) is 0 Å². The van der Waals surface area contributed by atoms with Gasteiger partial charge >= 0.3 is 0 Å². The van der Waals surface area contributed by atoms with E-state index in [1.165, 1.54) is 6.07 Å². The van der Waals surface area contributed by atoms with Gasteiger partial charge in [-0.1, -0.05) is 60.8 Å². The lowest BCUT2D eigenvalue weighted by Crippen LogP contribution is -1.95. The molecule has 0 unspecified atom stereocenters. The zero-order chi connectivity index (χ0) is 15.7. The van der Waals surface area contributed by atoms with Crippen molar-refractivity contribution in [3.05, 3.63) is 50.5 Å². The summed E-state index contributed by atoms with van der Waals surface area (Å²) in [7, 11) is 0. The number of phenols is 1. The van der Waals surface area contributed by atoms with Gasteiger partial charge in [-0.3, -0.25) is 0 Å². The Morgan fingerprint density at radius 3 is 2.29 bits per heavy atom. The van der Waals surface area contributed by atoms with E-state index in [0.717, 1.165) is 11.1 Å². The molecule has 2 aromatic rings. The molecule has 0 aliphatic carbocycles. The molecule has 1 N–H and O–H groups in total. The highest BCUT2D eigenvalue weighted by atomic mass is 35.5. The number of phenolic OH excluding ortho intramolecular Hbond substituents is 1. The Hall–Kier alpha value is -1.09. The molecular weight excluding hydrogens is 331 g/mol. The Morgan fingerprint density at radius 1 is 1.00 bits per heavy atom. The van der Waals surface area contributed by atoms with Crippen molar-refractivity contribution in [3.8, 4) is 17.2 Å². The van der Waals surface area contributed by atoms with E-state index in [-0.39, 0.29) is 32.5 Å². The zero-order valence-electron chi connectivity index (χ0n) is 11.9. The molecule has 0 aliphatic rings. The summed E-state index contributed by atoms with van der Waals surface area (Å²) in [6.45, 7) is 6.11. The molecule has 0 radical (unpaired) electrons. The highest BCUT2D eigenvalue weighted by molar-refractivity contribution is 6.48. The lowest BCUT2D eigenvalue weighted by Gasteiger charge is -2.16. The first-order valence-electron chi connectivity index (χ1n) is 6.46. The maximum absolute atomic E-state index is 10.1. The second-order valence-electron chi connectivity index (χ2n) is 5.13. The summed E-state index contributed by atoms with van der Waals surface area (Å²) >= 11 is 17.8. The van der Waals surface area contributed by atoms with Crippen LogP contribution in [-0.2, 0) is 0 Å². The maximum Gasteiger partial charge on any atom is 0.179 e. The fraction of sp³-hybridized carbons (Fsp3) is 0.250. The highest BCUT2D eigenvalue weighted by Gasteiger charge is 2.17. The number of aryl methyl sites for hydroxylation is 1. The second-order valence-corrected chi connectivity index (χ2v) is 6.29. The summed E-state index contributed by atoms with van der Waals surface area (Å²) < 4.78 is 5.82. The van der Waals surface area contributed by atoms with Crippen LogP contribution in [0.1, 0.15) is 30.9 Å². The second kappa shape index (κ2) is 6.35. The molecule has 2 nitrogen and oxygen atoms in total. The molecule has 0 bridgehead atoms. The summed E-state index contributed by atoms with van der Waals surface area (Å²) in [6.07, 6.45) is 0. The van der Waals surface area contributed by atoms with Crippen LogP contribution in [0, 0.1) is 6.92 Å². The van der Waals surface area contributed by atoms with Gasteiger partial charge < -0.3 is 9.84 Å². The third kappa shape index (κ3) is 3.39. The van der Waals surface area contributed by atoms with Gasteiger partial charge in [0.2, 0.25) is 0 Å². The summed E-state index contributed by atoms with van der Waals surface area (Å²) in [5, 5.41) is 10.4. The predicted octanol–water partition coefficient (Wildman–Crippen LogP) is 6.58. The fourth-order valence-electron chi connectivity index (χ4n) is 1.97. The SMILES string of the molecule is Cc1ccc(C(C)C)c(Oc2cc(Cl)c(Cl)c(Cl)c2O)c1. The van der Waals surface area contributed by atoms with Crippen LogP contribution in [-0.4, -0.2) is 5.11 Å². The number of benzene rings is 2. The normalized spacial score (nSPS) is 11.0. The highest BCUT2D eigenvalue weighted by Crippen LogP contribution is 2.45. The first-order chi connectivity index (χ1) is 9.81. The van der Waals surface area contributed by atoms with E-state index in [1.54, 1.807) is 0 Å². The van der Waals surface area contributed by atoms with Crippen molar-refractivity contribution < 1.29 is 9.84 Å². The predicted molar refractivity (Wildman–Crippen MR) is 88.5 cm³/mol. The topological polar surface area (TPSA) is 29.5 Å². The van der Waals surface area contributed by atoms with Crippen molar-refractivity contribution in [1.82, 2.24) is 0 Å². The van der Waals surface area contributed by atoms with Crippen LogP contribution in [0.2, 0.25) is 15.1 Å². The minimum atomic E-state index is -0.220. The van der Waals surface area contributed by atoms with Crippen molar-refractivity contribution in [2.75, 3.05) is 0 Å². The molecule has 0 amide bonds. The number of ether oxygens (including phenoxy) is 1. The number of rotatable bonds is 3. The molecule has 0 saturated heterocycles. The molecule has 2 aromatic carbocycles. The minimum absolute atomic E-state index is 0.0158. The van der Waals surface area contributed by atoms with Crippen LogP contribution in [0.25, 0.3) is 0 Å². The van der Waals surface area contributed by atoms with E-state index in [1.807, 2.05) is 25.1 Å². The maximum atomic E-state index is 10.1. The van der Waals surface area contributed by atoms with E-state index in [4.69, 9.17) is 39.5 Å². The monoisotopic (exact) mass is 344 g/mol. The van der Waals surface area contributed by atoms with Crippen LogP contribution in [0.3, 0.4) is 0 Å². The van der Waals surface area contributed by atoms with E-state index < -0.39 is 0 Å². The largest absolute Gasteiger partial charge is 0.503 e. The van der Waals surface area contributed by atoms with Crippen LogP contribution in [0.5, 0.6) is 17.2 Å². The van der Waals surface area contributed by atoms with Crippen LogP contribution >= 0.6 is 34.8 Å². The van der Waals surface area contributed by atoms with Gasteiger partial charge in [0.15, 0.2) is 11.5 Å². The zero-order valence-corrected chi connectivity index (χ0v) is 14.1. The number of hydrogen-bond donors (Lipinski definition) is 1. The number of halogens is 3. The smallest absolute Gasteiger partial charge is 0.179 e. The molecule has 112 valence electrons. The third-order valence-corrected chi connectivity index (χ3v) is 4.36. The first kappa shape index (κ1) is 16.3. The number of aromatic hydroxyl groups is 1. The van der Waals surface area contributed by atoms with Crippen molar-refractivity contribution in [2.24, 2.45) is 0 Å².